The molecule has 25 heavy (non-hydrogen) atoms. The van der Waals surface area contributed by atoms with Gasteiger partial charge in [0.15, 0.2) is 5.69 Å². The Bertz CT molecular complexity index is 806. The molecule has 0 radical (unpaired) electrons. The first-order chi connectivity index (χ1) is 12.0. The highest BCUT2D eigenvalue weighted by Crippen LogP contribution is 2.23. The molecule has 7 heteroatoms. The summed E-state index contributed by atoms with van der Waals surface area (Å²) in [7, 11) is 2.07. The summed E-state index contributed by atoms with van der Waals surface area (Å²) in [5.41, 5.74) is 1.92. The summed E-state index contributed by atoms with van der Waals surface area (Å²) in [6.45, 7) is 4.67. The number of ether oxygens (including phenoxy) is 1. The number of nitrogens with zero attached hydrogens (tertiary/aromatic N) is 4. The third-order valence-corrected chi connectivity index (χ3v) is 5.08. The minimum absolute atomic E-state index is 0.0733. The lowest BCUT2D eigenvalue weighted by Gasteiger charge is -2.33. The average Bonchev–Trinajstić information content (AvgIpc) is 3.22. The zero-order valence-electron chi connectivity index (χ0n) is 14.4. The fraction of sp³-hybridized carbons (Fsp3) is 0.444. The fourth-order valence-electron chi connectivity index (χ4n) is 3.63. The van der Waals surface area contributed by atoms with Crippen LogP contribution in [0.15, 0.2) is 30.5 Å². The molecule has 1 aromatic heterocycles. The van der Waals surface area contributed by atoms with Crippen molar-refractivity contribution < 1.29 is 13.9 Å². The van der Waals surface area contributed by atoms with E-state index in [9.17, 15) is 9.18 Å². The molecular weight excluding hydrogens is 323 g/mol. The lowest BCUT2D eigenvalue weighted by atomic mass is 10.1. The molecule has 2 aliphatic heterocycles. The summed E-state index contributed by atoms with van der Waals surface area (Å²) in [4.78, 5) is 16.9. The van der Waals surface area contributed by atoms with Crippen LogP contribution in [0.1, 0.15) is 16.1 Å². The lowest BCUT2D eigenvalue weighted by Crippen LogP contribution is -2.48. The van der Waals surface area contributed by atoms with Crippen molar-refractivity contribution in [2.24, 2.45) is 0 Å². The van der Waals surface area contributed by atoms with E-state index >= 15 is 0 Å². The van der Waals surface area contributed by atoms with Crippen molar-refractivity contribution in [2.45, 2.75) is 19.1 Å². The number of halogens is 1. The molecule has 1 aromatic carbocycles. The summed E-state index contributed by atoms with van der Waals surface area (Å²) >= 11 is 0. The van der Waals surface area contributed by atoms with Gasteiger partial charge >= 0.3 is 0 Å². The van der Waals surface area contributed by atoms with Gasteiger partial charge in [0.25, 0.3) is 5.91 Å². The number of hydrogen-bond acceptors (Lipinski definition) is 4. The molecule has 0 aliphatic carbocycles. The van der Waals surface area contributed by atoms with Crippen molar-refractivity contribution in [3.63, 3.8) is 0 Å². The van der Waals surface area contributed by atoms with Crippen LogP contribution >= 0.6 is 0 Å². The molecule has 0 bridgehead atoms. The Balaban J connectivity index is 1.53. The predicted octanol–water partition coefficient (Wildman–Crippen LogP) is 1.47. The molecule has 2 atom stereocenters. The van der Waals surface area contributed by atoms with Gasteiger partial charge in [-0.2, -0.15) is 5.10 Å². The first-order valence-corrected chi connectivity index (χ1v) is 8.46. The first kappa shape index (κ1) is 16.2. The van der Waals surface area contributed by atoms with E-state index in [1.165, 1.54) is 12.1 Å². The lowest BCUT2D eigenvalue weighted by molar-refractivity contribution is -0.0368. The molecule has 0 spiro atoms. The molecule has 6 nitrogen and oxygen atoms in total. The summed E-state index contributed by atoms with van der Waals surface area (Å²) < 4.78 is 20.7. The largest absolute Gasteiger partial charge is 0.373 e. The normalized spacial score (nSPS) is 23.7. The number of aryl methyl sites for hydroxylation is 1. The highest BCUT2D eigenvalue weighted by atomic mass is 19.1. The van der Waals surface area contributed by atoms with Gasteiger partial charge in [0, 0.05) is 25.8 Å². The van der Waals surface area contributed by atoms with Crippen LogP contribution in [0.25, 0.3) is 5.69 Å². The van der Waals surface area contributed by atoms with Gasteiger partial charge in [0.05, 0.1) is 24.4 Å². The van der Waals surface area contributed by atoms with E-state index in [1.807, 2.05) is 6.92 Å². The zero-order valence-corrected chi connectivity index (χ0v) is 14.4. The fourth-order valence-corrected chi connectivity index (χ4v) is 3.63. The molecule has 3 heterocycles. The second kappa shape index (κ2) is 6.24. The van der Waals surface area contributed by atoms with Crippen LogP contribution in [0.5, 0.6) is 0 Å². The Kier molecular flexibility index (Phi) is 4.05. The van der Waals surface area contributed by atoms with Crippen LogP contribution in [0.3, 0.4) is 0 Å². The maximum atomic E-state index is 13.3. The maximum absolute atomic E-state index is 13.3. The van der Waals surface area contributed by atoms with E-state index < -0.39 is 0 Å². The Labute approximate surface area is 145 Å². The van der Waals surface area contributed by atoms with E-state index in [0.29, 0.717) is 25.4 Å². The van der Waals surface area contributed by atoms with Gasteiger partial charge < -0.3 is 9.64 Å². The first-order valence-electron chi connectivity index (χ1n) is 8.46. The van der Waals surface area contributed by atoms with Crippen molar-refractivity contribution in [1.82, 2.24) is 19.6 Å². The van der Waals surface area contributed by atoms with E-state index in [-0.39, 0.29) is 23.9 Å². The Hall–Kier alpha value is -2.25. The number of aromatic nitrogens is 2. The molecule has 0 unspecified atom stereocenters. The molecule has 2 aromatic rings. The molecule has 2 saturated heterocycles. The molecule has 1 amide bonds. The summed E-state index contributed by atoms with van der Waals surface area (Å²) in [5.74, 6) is -0.376. The third kappa shape index (κ3) is 2.94. The number of carbonyl (C=O) groups excluding carboxylic acids is 1. The Morgan fingerprint density at radius 3 is 2.92 bits per heavy atom. The zero-order chi connectivity index (χ0) is 17.6. The van der Waals surface area contributed by atoms with Gasteiger partial charge in [0.1, 0.15) is 5.82 Å². The van der Waals surface area contributed by atoms with Crippen molar-refractivity contribution in [1.29, 1.82) is 0 Å². The number of likely N-dealkylation sites (N-methyl/N-ethyl adjacent to an activating group) is 1. The number of amides is 1. The van der Waals surface area contributed by atoms with Crippen molar-refractivity contribution in [2.75, 3.05) is 33.3 Å². The van der Waals surface area contributed by atoms with Crippen LogP contribution in [-0.2, 0) is 4.74 Å². The van der Waals surface area contributed by atoms with E-state index in [2.05, 4.69) is 17.0 Å². The number of fused-ring (bicyclic) bond motifs is 1. The number of likely N-dealkylation sites (tertiary alicyclic amines) is 1. The minimum atomic E-state index is -0.284. The number of carbonyl (C=O) groups is 1. The second-order valence-corrected chi connectivity index (χ2v) is 6.74. The SMILES string of the molecule is Cc1cc(F)ccc1-n1ccc(C(=O)N2C[C@H]3OCCN(C)[C@H]3C2)n1. The van der Waals surface area contributed by atoms with Crippen LogP contribution in [0.4, 0.5) is 4.39 Å². The summed E-state index contributed by atoms with van der Waals surface area (Å²) in [6.07, 6.45) is 1.81. The van der Waals surface area contributed by atoms with Gasteiger partial charge in [-0.1, -0.05) is 0 Å². The van der Waals surface area contributed by atoms with Gasteiger partial charge in [-0.15, -0.1) is 0 Å². The van der Waals surface area contributed by atoms with Crippen LogP contribution < -0.4 is 0 Å². The topological polar surface area (TPSA) is 50.6 Å². The molecular formula is C18H21FN4O2. The van der Waals surface area contributed by atoms with Crippen molar-refractivity contribution >= 4 is 5.91 Å². The Morgan fingerprint density at radius 1 is 1.32 bits per heavy atom. The van der Waals surface area contributed by atoms with E-state index in [1.54, 1.807) is 27.9 Å². The monoisotopic (exact) mass is 344 g/mol. The molecule has 2 aliphatic rings. The van der Waals surface area contributed by atoms with Gasteiger partial charge in [0.2, 0.25) is 0 Å². The molecule has 0 saturated carbocycles. The van der Waals surface area contributed by atoms with Crippen molar-refractivity contribution in [3.8, 4) is 5.69 Å². The molecule has 0 N–H and O–H groups in total. The predicted molar refractivity (Wildman–Crippen MR) is 90.3 cm³/mol. The van der Waals surface area contributed by atoms with E-state index in [4.69, 9.17) is 4.74 Å². The summed E-state index contributed by atoms with van der Waals surface area (Å²) in [6, 6.07) is 6.47. The van der Waals surface area contributed by atoms with Crippen LogP contribution in [0, 0.1) is 12.7 Å². The number of hydrogen-bond donors (Lipinski definition) is 0. The maximum Gasteiger partial charge on any atom is 0.274 e. The van der Waals surface area contributed by atoms with E-state index in [0.717, 1.165) is 17.8 Å². The van der Waals surface area contributed by atoms with Crippen LogP contribution in [-0.4, -0.2) is 70.9 Å². The van der Waals surface area contributed by atoms with Gasteiger partial charge in [-0.05, 0) is 43.8 Å². The molecule has 2 fully saturated rings. The minimum Gasteiger partial charge on any atom is -0.373 e. The summed E-state index contributed by atoms with van der Waals surface area (Å²) in [5, 5.41) is 4.40. The highest BCUT2D eigenvalue weighted by molar-refractivity contribution is 5.92. The number of morpholine rings is 1. The standard InChI is InChI=1S/C18H21FN4O2/c1-12-9-13(19)3-4-15(12)23-6-5-14(20-23)18(24)22-10-16-17(11-22)25-8-7-21(16)2/h3-6,9,16-17H,7-8,10-11H2,1-2H3/t16-,17+/m0/s1. The molecule has 132 valence electrons. The number of benzene rings is 1. The third-order valence-electron chi connectivity index (χ3n) is 5.08. The van der Waals surface area contributed by atoms with Gasteiger partial charge in [-0.25, -0.2) is 9.07 Å². The average molecular weight is 344 g/mol. The van der Waals surface area contributed by atoms with Gasteiger partial charge in [-0.3, -0.25) is 9.69 Å². The molecule has 4 rings (SSSR count). The quantitative estimate of drug-likeness (QED) is 0.828. The Morgan fingerprint density at radius 2 is 2.16 bits per heavy atom. The highest BCUT2D eigenvalue weighted by Gasteiger charge is 2.40. The smallest absolute Gasteiger partial charge is 0.274 e. The van der Waals surface area contributed by atoms with Crippen molar-refractivity contribution in [3.05, 3.63) is 47.5 Å². The number of rotatable bonds is 2. The van der Waals surface area contributed by atoms with Crippen LogP contribution in [0.2, 0.25) is 0 Å². The second-order valence-electron chi connectivity index (χ2n) is 6.74.